The molecule has 0 amide bonds. The fraction of sp³-hybridized carbons (Fsp3) is 0.611. The number of likely N-dealkylation sites (N-methyl/N-ethyl adjacent to an activating group) is 1. The van der Waals surface area contributed by atoms with Crippen LogP contribution in [0.4, 0.5) is 0 Å². The fourth-order valence-corrected chi connectivity index (χ4v) is 2.15. The van der Waals surface area contributed by atoms with Gasteiger partial charge in [-0.05, 0) is 32.5 Å². The summed E-state index contributed by atoms with van der Waals surface area (Å²) in [6.07, 6.45) is 1.05. The molecule has 136 valence electrons. The van der Waals surface area contributed by atoms with Crippen molar-refractivity contribution in [1.29, 1.82) is 0 Å². The van der Waals surface area contributed by atoms with E-state index in [0.29, 0.717) is 13.2 Å². The Morgan fingerprint density at radius 1 is 1.08 bits per heavy atom. The molecule has 24 heavy (non-hydrogen) atoms. The summed E-state index contributed by atoms with van der Waals surface area (Å²) in [4.78, 5) is 6.49. The maximum absolute atomic E-state index is 5.69. The molecule has 0 heterocycles. The molecule has 0 spiro atoms. The Hall–Kier alpha value is -1.79. The van der Waals surface area contributed by atoms with Crippen molar-refractivity contribution in [2.45, 2.75) is 13.3 Å². The minimum Gasteiger partial charge on any atom is -0.492 e. The lowest BCUT2D eigenvalue weighted by atomic mass is 10.2. The molecular weight excluding hydrogens is 304 g/mol. The number of hydrogen-bond acceptors (Lipinski definition) is 4. The number of benzene rings is 1. The third-order valence-corrected chi connectivity index (χ3v) is 3.58. The molecule has 6 nitrogen and oxygen atoms in total. The quantitative estimate of drug-likeness (QED) is 0.364. The van der Waals surface area contributed by atoms with E-state index in [1.54, 1.807) is 14.2 Å². The Morgan fingerprint density at radius 3 is 2.46 bits per heavy atom. The Labute approximate surface area is 146 Å². The molecule has 0 aliphatic heterocycles. The molecule has 1 aromatic carbocycles. The smallest absolute Gasteiger partial charge is 0.191 e. The highest BCUT2D eigenvalue weighted by Crippen LogP contribution is 2.10. The van der Waals surface area contributed by atoms with Crippen LogP contribution in [0.15, 0.2) is 29.3 Å². The Bertz CT molecular complexity index is 463. The number of ether oxygens (including phenoxy) is 2. The predicted octanol–water partition coefficient (Wildman–Crippen LogP) is 1.51. The molecule has 0 aromatic heterocycles. The third-order valence-electron chi connectivity index (χ3n) is 3.58. The van der Waals surface area contributed by atoms with Crippen molar-refractivity contribution < 1.29 is 9.47 Å². The van der Waals surface area contributed by atoms with Gasteiger partial charge in [0.05, 0.1) is 6.54 Å². The summed E-state index contributed by atoms with van der Waals surface area (Å²) in [5.74, 6) is 1.69. The van der Waals surface area contributed by atoms with Gasteiger partial charge in [-0.1, -0.05) is 17.7 Å². The zero-order valence-electron chi connectivity index (χ0n) is 15.5. The molecule has 1 rings (SSSR count). The standard InChI is InChI=1S/C18H32N4O2/c1-16-6-8-17(9-7-16)24-15-11-21-18(19-2)20-10-13-22(3)12-5-14-23-4/h6-9H,5,10-15H2,1-4H3,(H2,19,20,21). The summed E-state index contributed by atoms with van der Waals surface area (Å²) in [5.41, 5.74) is 1.23. The van der Waals surface area contributed by atoms with Crippen LogP contribution in [0, 0.1) is 6.92 Å². The first kappa shape index (κ1) is 20.3. The van der Waals surface area contributed by atoms with E-state index in [0.717, 1.165) is 44.4 Å². The minimum atomic E-state index is 0.598. The minimum absolute atomic E-state index is 0.598. The number of hydrogen-bond donors (Lipinski definition) is 2. The molecule has 0 unspecified atom stereocenters. The number of nitrogens with zero attached hydrogens (tertiary/aromatic N) is 2. The van der Waals surface area contributed by atoms with Gasteiger partial charge in [-0.3, -0.25) is 4.99 Å². The van der Waals surface area contributed by atoms with Crippen molar-refractivity contribution >= 4 is 5.96 Å². The number of nitrogens with one attached hydrogen (secondary N) is 2. The van der Waals surface area contributed by atoms with E-state index in [4.69, 9.17) is 9.47 Å². The molecule has 0 radical (unpaired) electrons. The lowest BCUT2D eigenvalue weighted by Crippen LogP contribution is -2.42. The topological polar surface area (TPSA) is 58.1 Å². The number of methoxy groups -OCH3 is 1. The molecule has 0 bridgehead atoms. The Kier molecular flexibility index (Phi) is 10.6. The van der Waals surface area contributed by atoms with E-state index >= 15 is 0 Å². The van der Waals surface area contributed by atoms with Crippen LogP contribution < -0.4 is 15.4 Å². The summed E-state index contributed by atoms with van der Waals surface area (Å²) < 4.78 is 10.7. The summed E-state index contributed by atoms with van der Waals surface area (Å²) in [6, 6.07) is 8.07. The van der Waals surface area contributed by atoms with E-state index in [1.165, 1.54) is 5.56 Å². The van der Waals surface area contributed by atoms with Crippen molar-refractivity contribution in [1.82, 2.24) is 15.5 Å². The normalized spacial score (nSPS) is 11.6. The molecule has 0 fully saturated rings. The van der Waals surface area contributed by atoms with Gasteiger partial charge in [0.25, 0.3) is 0 Å². The molecular formula is C18H32N4O2. The summed E-state index contributed by atoms with van der Waals surface area (Å²) >= 11 is 0. The van der Waals surface area contributed by atoms with Crippen LogP contribution in [0.5, 0.6) is 5.75 Å². The zero-order valence-corrected chi connectivity index (χ0v) is 15.5. The molecule has 0 aliphatic carbocycles. The Morgan fingerprint density at radius 2 is 1.79 bits per heavy atom. The largest absolute Gasteiger partial charge is 0.492 e. The maximum Gasteiger partial charge on any atom is 0.191 e. The van der Waals surface area contributed by atoms with E-state index in [-0.39, 0.29) is 0 Å². The van der Waals surface area contributed by atoms with Gasteiger partial charge in [-0.2, -0.15) is 0 Å². The first-order valence-corrected chi connectivity index (χ1v) is 8.47. The summed E-state index contributed by atoms with van der Waals surface area (Å²) in [5, 5.41) is 6.56. The average molecular weight is 336 g/mol. The van der Waals surface area contributed by atoms with Crippen LogP contribution in [-0.2, 0) is 4.74 Å². The lowest BCUT2D eigenvalue weighted by molar-refractivity contribution is 0.180. The van der Waals surface area contributed by atoms with E-state index in [1.807, 2.05) is 24.3 Å². The van der Waals surface area contributed by atoms with Crippen molar-refractivity contribution in [3.05, 3.63) is 29.8 Å². The lowest BCUT2D eigenvalue weighted by Gasteiger charge is -2.18. The van der Waals surface area contributed by atoms with Crippen molar-refractivity contribution in [2.75, 3.05) is 60.6 Å². The van der Waals surface area contributed by atoms with Gasteiger partial charge < -0.3 is 25.0 Å². The highest BCUT2D eigenvalue weighted by Gasteiger charge is 2.00. The van der Waals surface area contributed by atoms with E-state index in [2.05, 4.69) is 34.5 Å². The van der Waals surface area contributed by atoms with Gasteiger partial charge in [0.15, 0.2) is 5.96 Å². The first-order chi connectivity index (χ1) is 11.7. The maximum atomic E-state index is 5.69. The molecule has 0 atom stereocenters. The van der Waals surface area contributed by atoms with Crippen LogP contribution in [0.3, 0.4) is 0 Å². The fourth-order valence-electron chi connectivity index (χ4n) is 2.15. The van der Waals surface area contributed by atoms with E-state index < -0.39 is 0 Å². The number of aliphatic imine (C=N–C) groups is 1. The first-order valence-electron chi connectivity index (χ1n) is 8.47. The van der Waals surface area contributed by atoms with Crippen molar-refractivity contribution in [3.63, 3.8) is 0 Å². The second-order valence-electron chi connectivity index (χ2n) is 5.74. The van der Waals surface area contributed by atoms with Crippen LogP contribution >= 0.6 is 0 Å². The highest BCUT2D eigenvalue weighted by molar-refractivity contribution is 5.79. The zero-order chi connectivity index (χ0) is 17.6. The van der Waals surface area contributed by atoms with Gasteiger partial charge in [0, 0.05) is 40.4 Å². The third kappa shape index (κ3) is 9.37. The average Bonchev–Trinajstić information content (AvgIpc) is 2.59. The molecule has 2 N–H and O–H groups in total. The van der Waals surface area contributed by atoms with Gasteiger partial charge >= 0.3 is 0 Å². The monoisotopic (exact) mass is 336 g/mol. The molecule has 0 aliphatic rings. The van der Waals surface area contributed by atoms with Gasteiger partial charge in [0.2, 0.25) is 0 Å². The van der Waals surface area contributed by atoms with Crippen molar-refractivity contribution in [3.8, 4) is 5.75 Å². The number of rotatable bonds is 11. The number of aryl methyl sites for hydroxylation is 1. The van der Waals surface area contributed by atoms with E-state index in [9.17, 15) is 0 Å². The Balaban J connectivity index is 2.11. The van der Waals surface area contributed by atoms with Gasteiger partial charge in [-0.25, -0.2) is 0 Å². The predicted molar refractivity (Wildman–Crippen MR) is 100 cm³/mol. The van der Waals surface area contributed by atoms with Gasteiger partial charge in [-0.15, -0.1) is 0 Å². The van der Waals surface area contributed by atoms with Crippen LogP contribution in [0.2, 0.25) is 0 Å². The highest BCUT2D eigenvalue weighted by atomic mass is 16.5. The molecule has 6 heteroatoms. The molecule has 0 saturated heterocycles. The van der Waals surface area contributed by atoms with Gasteiger partial charge in [0.1, 0.15) is 12.4 Å². The summed E-state index contributed by atoms with van der Waals surface area (Å²) in [7, 11) is 5.63. The second-order valence-corrected chi connectivity index (χ2v) is 5.74. The summed E-state index contributed by atoms with van der Waals surface area (Å²) in [6.45, 7) is 7.02. The molecule has 1 aromatic rings. The van der Waals surface area contributed by atoms with Crippen LogP contribution in [0.25, 0.3) is 0 Å². The second kappa shape index (κ2) is 12.6. The number of guanidine groups is 1. The van der Waals surface area contributed by atoms with Crippen LogP contribution in [0.1, 0.15) is 12.0 Å². The molecule has 0 saturated carbocycles. The van der Waals surface area contributed by atoms with Crippen molar-refractivity contribution in [2.24, 2.45) is 4.99 Å². The van der Waals surface area contributed by atoms with Crippen LogP contribution in [-0.4, -0.2) is 71.5 Å². The SMILES string of the molecule is CN=C(NCCOc1ccc(C)cc1)NCCN(C)CCCOC.